The molecule has 0 fully saturated rings. The third-order valence-corrected chi connectivity index (χ3v) is 2.83. The molecule has 1 unspecified atom stereocenters. The summed E-state index contributed by atoms with van der Waals surface area (Å²) in [5, 5.41) is 2.66. The average Bonchev–Trinajstić information content (AvgIpc) is 2.23. The highest BCUT2D eigenvalue weighted by Crippen LogP contribution is 2.09. The van der Waals surface area contributed by atoms with Gasteiger partial charge in [0.1, 0.15) is 6.61 Å². The molecule has 0 aromatic rings. The fourth-order valence-corrected chi connectivity index (χ4v) is 1.23. The molecule has 4 nitrogen and oxygen atoms in total. The van der Waals surface area contributed by atoms with Crippen LogP contribution in [-0.4, -0.2) is 36.1 Å². The number of ether oxygens (including phenoxy) is 1. The summed E-state index contributed by atoms with van der Waals surface area (Å²) in [7, 11) is 0. The maximum Gasteiger partial charge on any atom is 0.261 e. The van der Waals surface area contributed by atoms with E-state index in [2.05, 4.69) is 10.1 Å². The molecule has 3 N–H and O–H groups in total. The molecular weight excluding hydrogens is 250 g/mol. The fraction of sp³-hybridized carbons (Fsp3) is 0.800. The van der Waals surface area contributed by atoms with Gasteiger partial charge in [-0.1, -0.05) is 19.1 Å². The van der Waals surface area contributed by atoms with Crippen LogP contribution in [0.15, 0.2) is 0 Å². The number of nitrogens with two attached hydrogens (primary N) is 1. The van der Waals surface area contributed by atoms with E-state index in [0.717, 1.165) is 0 Å². The number of halogens is 2. The van der Waals surface area contributed by atoms with Gasteiger partial charge in [0.05, 0.1) is 17.1 Å². The molecule has 100 valence electrons. The Kier molecular flexibility index (Phi) is 7.13. The molecule has 0 saturated heterocycles. The van der Waals surface area contributed by atoms with Crippen LogP contribution < -0.4 is 11.1 Å². The van der Waals surface area contributed by atoms with E-state index in [0.29, 0.717) is 6.42 Å². The number of amides is 1. The third-order valence-electron chi connectivity index (χ3n) is 2.38. The Labute approximate surface area is 105 Å². The average molecular weight is 268 g/mol. The number of hydrogen-bond acceptors (Lipinski definition) is 3. The van der Waals surface area contributed by atoms with Crippen molar-refractivity contribution in [1.29, 1.82) is 0 Å². The van der Waals surface area contributed by atoms with Gasteiger partial charge in [-0.25, -0.2) is 8.78 Å². The molecule has 0 bridgehead atoms. The predicted octanol–water partition coefficient (Wildman–Crippen LogP) is 1.23. The first-order valence-electron chi connectivity index (χ1n) is 5.28. The lowest BCUT2D eigenvalue weighted by Crippen LogP contribution is -2.54. The lowest BCUT2D eigenvalue weighted by Gasteiger charge is -2.28. The molecule has 17 heavy (non-hydrogen) atoms. The Balaban J connectivity index is 3.96. The third kappa shape index (κ3) is 6.48. The summed E-state index contributed by atoms with van der Waals surface area (Å²) in [6.45, 7) is 2.85. The van der Waals surface area contributed by atoms with E-state index in [1.165, 1.54) is 0 Å². The molecule has 0 aliphatic rings. The summed E-state index contributed by atoms with van der Waals surface area (Å²) in [6.07, 6.45) is -1.95. The van der Waals surface area contributed by atoms with Crippen LogP contribution in [-0.2, 0) is 9.53 Å². The van der Waals surface area contributed by atoms with Crippen LogP contribution in [0.4, 0.5) is 8.78 Å². The molecule has 0 radical (unpaired) electrons. The maximum atomic E-state index is 11.7. The first kappa shape index (κ1) is 16.2. The molecule has 0 saturated carbocycles. The van der Waals surface area contributed by atoms with Gasteiger partial charge in [0.15, 0.2) is 0 Å². The Morgan fingerprint density at radius 1 is 1.59 bits per heavy atom. The van der Waals surface area contributed by atoms with Crippen LogP contribution in [0.2, 0.25) is 0 Å². The Morgan fingerprint density at radius 3 is 2.59 bits per heavy atom. The van der Waals surface area contributed by atoms with Crippen molar-refractivity contribution in [1.82, 2.24) is 5.32 Å². The zero-order valence-corrected chi connectivity index (χ0v) is 10.8. The quantitative estimate of drug-likeness (QED) is 0.513. The predicted molar refractivity (Wildman–Crippen MR) is 65.1 cm³/mol. The van der Waals surface area contributed by atoms with Crippen molar-refractivity contribution in [2.75, 3.05) is 13.2 Å². The smallest absolute Gasteiger partial charge is 0.261 e. The van der Waals surface area contributed by atoms with E-state index in [9.17, 15) is 13.6 Å². The summed E-state index contributed by atoms with van der Waals surface area (Å²) >= 11 is 4.85. The lowest BCUT2D eigenvalue weighted by molar-refractivity contribution is -0.123. The van der Waals surface area contributed by atoms with Gasteiger partial charge in [0.25, 0.3) is 6.43 Å². The number of hydrogen-bond donors (Lipinski definition) is 2. The van der Waals surface area contributed by atoms with E-state index >= 15 is 0 Å². The second-order valence-electron chi connectivity index (χ2n) is 3.81. The van der Waals surface area contributed by atoms with Crippen molar-refractivity contribution >= 4 is 23.1 Å². The molecule has 0 spiro atoms. The second kappa shape index (κ2) is 7.50. The number of thiocarbonyl (C=S) groups is 1. The summed E-state index contributed by atoms with van der Waals surface area (Å²) in [6, 6.07) is 0. The molecule has 7 heteroatoms. The Morgan fingerprint density at radius 2 is 2.18 bits per heavy atom. The monoisotopic (exact) mass is 268 g/mol. The maximum absolute atomic E-state index is 11.7. The molecule has 0 aromatic carbocycles. The summed E-state index contributed by atoms with van der Waals surface area (Å²) in [4.78, 5) is 11.7. The van der Waals surface area contributed by atoms with E-state index in [-0.39, 0.29) is 23.9 Å². The largest absolute Gasteiger partial charge is 0.391 e. The van der Waals surface area contributed by atoms with E-state index in [1.807, 2.05) is 6.92 Å². The van der Waals surface area contributed by atoms with Crippen LogP contribution in [0.25, 0.3) is 0 Å². The molecule has 0 aromatic heterocycles. The normalized spacial score (nSPS) is 14.4. The highest BCUT2D eigenvalue weighted by Gasteiger charge is 2.27. The number of carbonyl (C=O) groups is 1. The van der Waals surface area contributed by atoms with Gasteiger partial charge in [-0.2, -0.15) is 0 Å². The molecule has 0 heterocycles. The van der Waals surface area contributed by atoms with Crippen LogP contribution in [0, 0.1) is 0 Å². The van der Waals surface area contributed by atoms with Crippen LogP contribution >= 0.6 is 12.2 Å². The molecule has 1 atom stereocenters. The molecule has 0 rings (SSSR count). The van der Waals surface area contributed by atoms with E-state index < -0.39 is 18.6 Å². The van der Waals surface area contributed by atoms with Gasteiger partial charge in [0.2, 0.25) is 5.91 Å². The highest BCUT2D eigenvalue weighted by atomic mass is 32.1. The minimum atomic E-state index is -2.52. The molecular formula is C10H18F2N2O2S. The van der Waals surface area contributed by atoms with Gasteiger partial charge >= 0.3 is 0 Å². The molecule has 0 aliphatic heterocycles. The van der Waals surface area contributed by atoms with Crippen molar-refractivity contribution in [3.63, 3.8) is 0 Å². The van der Waals surface area contributed by atoms with E-state index in [4.69, 9.17) is 18.0 Å². The minimum absolute atomic E-state index is 0.00488. The van der Waals surface area contributed by atoms with Gasteiger partial charge < -0.3 is 15.8 Å². The van der Waals surface area contributed by atoms with Gasteiger partial charge in [-0.15, -0.1) is 0 Å². The van der Waals surface area contributed by atoms with Crippen molar-refractivity contribution in [2.45, 2.75) is 38.7 Å². The summed E-state index contributed by atoms with van der Waals surface area (Å²) in [5.41, 5.74) is 4.77. The molecule has 0 aliphatic carbocycles. The van der Waals surface area contributed by atoms with Crippen LogP contribution in [0.1, 0.15) is 26.7 Å². The van der Waals surface area contributed by atoms with Crippen molar-refractivity contribution in [3.8, 4) is 0 Å². The Bertz CT molecular complexity index is 277. The number of nitrogens with one attached hydrogen (secondary N) is 1. The second-order valence-corrected chi connectivity index (χ2v) is 4.25. The lowest BCUT2D eigenvalue weighted by atomic mass is 9.99. The summed E-state index contributed by atoms with van der Waals surface area (Å²) < 4.78 is 28.1. The SMILES string of the molecule is CCC(C)(NC(=O)CCOCC(F)F)C(N)=S. The number of carbonyl (C=O) groups excluding carboxylic acids is 1. The van der Waals surface area contributed by atoms with Crippen molar-refractivity contribution in [3.05, 3.63) is 0 Å². The topological polar surface area (TPSA) is 64.3 Å². The van der Waals surface area contributed by atoms with Gasteiger partial charge in [-0.3, -0.25) is 4.79 Å². The zero-order chi connectivity index (χ0) is 13.5. The molecule has 1 amide bonds. The first-order chi connectivity index (χ1) is 7.81. The van der Waals surface area contributed by atoms with Crippen LogP contribution in [0.5, 0.6) is 0 Å². The highest BCUT2D eigenvalue weighted by molar-refractivity contribution is 7.80. The Hall–Kier alpha value is -0.820. The summed E-state index contributed by atoms with van der Waals surface area (Å²) in [5.74, 6) is -0.323. The van der Waals surface area contributed by atoms with Gasteiger partial charge in [-0.05, 0) is 13.3 Å². The minimum Gasteiger partial charge on any atom is -0.391 e. The van der Waals surface area contributed by atoms with Crippen LogP contribution in [0.3, 0.4) is 0 Å². The number of alkyl halides is 2. The van der Waals surface area contributed by atoms with Crippen molar-refractivity contribution in [2.24, 2.45) is 5.73 Å². The standard InChI is InChI=1S/C10H18F2N2O2S/c1-3-10(2,9(13)17)14-8(15)4-5-16-6-7(11)12/h7H,3-6H2,1-2H3,(H2,13,17)(H,14,15). The van der Waals surface area contributed by atoms with E-state index in [1.54, 1.807) is 6.92 Å². The number of rotatable bonds is 8. The zero-order valence-electron chi connectivity index (χ0n) is 9.96. The fourth-order valence-electron chi connectivity index (χ4n) is 1.03. The van der Waals surface area contributed by atoms with Gasteiger partial charge in [0, 0.05) is 6.42 Å². The first-order valence-corrected chi connectivity index (χ1v) is 5.69. The van der Waals surface area contributed by atoms with Crippen molar-refractivity contribution < 1.29 is 18.3 Å².